The van der Waals surface area contributed by atoms with Gasteiger partial charge in [-0.05, 0) is 69.3 Å². The van der Waals surface area contributed by atoms with Crippen LogP contribution in [0.4, 0.5) is 0 Å². The molecule has 1 N–H and O–H groups in total. The Morgan fingerprint density at radius 3 is 2.28 bits per heavy atom. The van der Waals surface area contributed by atoms with E-state index in [2.05, 4.69) is 30.0 Å². The van der Waals surface area contributed by atoms with Crippen LogP contribution in [0.5, 0.6) is 17.2 Å². The van der Waals surface area contributed by atoms with E-state index in [-0.39, 0.29) is 6.04 Å². The Labute approximate surface area is 170 Å². The predicted octanol–water partition coefficient (Wildman–Crippen LogP) is 4.28. The zero-order valence-electron chi connectivity index (χ0n) is 17.4. The van der Waals surface area contributed by atoms with Gasteiger partial charge in [0, 0.05) is 19.1 Å². The van der Waals surface area contributed by atoms with Crippen molar-refractivity contribution in [3.8, 4) is 17.2 Å². The van der Waals surface area contributed by atoms with Gasteiger partial charge < -0.3 is 19.3 Å². The van der Waals surface area contributed by atoms with E-state index in [1.165, 1.54) is 5.56 Å². The fraction of sp³-hybridized carbons (Fsp3) is 0.417. The number of nitrogens with zero attached hydrogens (tertiary/aromatic N) is 1. The van der Waals surface area contributed by atoms with E-state index in [0.29, 0.717) is 17.4 Å². The number of rotatable bonds is 3. The van der Waals surface area contributed by atoms with Gasteiger partial charge >= 0.3 is 0 Å². The van der Waals surface area contributed by atoms with E-state index >= 15 is 0 Å². The van der Waals surface area contributed by atoms with Gasteiger partial charge in [-0.2, -0.15) is 0 Å². The lowest BCUT2D eigenvalue weighted by molar-refractivity contribution is 0.0552. The molecule has 0 radical (unpaired) electrons. The minimum absolute atomic E-state index is 0.181. The second-order valence-electron chi connectivity index (χ2n) is 8.34. The highest BCUT2D eigenvalue weighted by molar-refractivity contribution is 6.12. The maximum atomic E-state index is 11.4. The van der Waals surface area contributed by atoms with Gasteiger partial charge in [0.1, 0.15) is 5.75 Å². The molecular formula is C24H27NO4. The van der Waals surface area contributed by atoms with Gasteiger partial charge in [0.2, 0.25) is 0 Å². The van der Waals surface area contributed by atoms with Crippen molar-refractivity contribution in [1.29, 1.82) is 0 Å². The Hall–Kier alpha value is -2.50. The molecule has 0 spiro atoms. The van der Waals surface area contributed by atoms with Crippen molar-refractivity contribution in [2.24, 2.45) is 5.92 Å². The normalized spacial score (nSPS) is 23.8. The van der Waals surface area contributed by atoms with Crippen LogP contribution in [-0.2, 0) is 6.54 Å². The van der Waals surface area contributed by atoms with E-state index < -0.39 is 6.10 Å². The van der Waals surface area contributed by atoms with Crippen molar-refractivity contribution >= 4 is 21.5 Å². The number of ether oxygens (including phenoxy) is 3. The molecule has 1 fully saturated rings. The first-order chi connectivity index (χ1) is 14.0. The molecular weight excluding hydrogens is 366 g/mol. The summed E-state index contributed by atoms with van der Waals surface area (Å²) in [7, 11) is 5.00. The molecule has 3 aromatic carbocycles. The standard InChI is InChI=1S/C24H27NO4/c1-13-7-20-24(26)23-15-6-5-14(27-2)8-16(15)17-9-21(28-3)22(29-4)10-18(17)19(23)12-25(20)11-13/h5-6,8-10,13,20,24,26H,7,11-12H2,1-4H3/t13?,20-,24+/m1/s1. The lowest BCUT2D eigenvalue weighted by Gasteiger charge is -2.37. The van der Waals surface area contributed by atoms with Gasteiger partial charge in [-0.3, -0.25) is 4.90 Å². The third-order valence-corrected chi connectivity index (χ3v) is 6.66. The first-order valence-electron chi connectivity index (χ1n) is 10.2. The molecule has 0 saturated carbocycles. The Bertz CT molecular complexity index is 1110. The Kier molecular flexibility index (Phi) is 4.33. The van der Waals surface area contributed by atoms with Crippen LogP contribution in [0.1, 0.15) is 30.6 Å². The maximum absolute atomic E-state index is 11.4. The summed E-state index contributed by atoms with van der Waals surface area (Å²) in [5.41, 5.74) is 2.24. The van der Waals surface area contributed by atoms with Crippen molar-refractivity contribution in [2.75, 3.05) is 27.9 Å². The lowest BCUT2D eigenvalue weighted by Crippen LogP contribution is -2.39. The first kappa shape index (κ1) is 18.5. The van der Waals surface area contributed by atoms with Gasteiger partial charge in [0.15, 0.2) is 11.5 Å². The molecule has 3 aromatic rings. The topological polar surface area (TPSA) is 51.2 Å². The van der Waals surface area contributed by atoms with Gasteiger partial charge in [0.05, 0.1) is 27.4 Å². The van der Waals surface area contributed by atoms with Crippen LogP contribution in [0.25, 0.3) is 21.5 Å². The van der Waals surface area contributed by atoms with Crippen LogP contribution < -0.4 is 14.2 Å². The van der Waals surface area contributed by atoms with Gasteiger partial charge in [-0.25, -0.2) is 0 Å². The average Bonchev–Trinajstić information content (AvgIpc) is 3.13. The van der Waals surface area contributed by atoms with Crippen molar-refractivity contribution in [1.82, 2.24) is 4.90 Å². The second-order valence-corrected chi connectivity index (χ2v) is 8.34. The summed E-state index contributed by atoms with van der Waals surface area (Å²) in [5.74, 6) is 2.80. The zero-order valence-corrected chi connectivity index (χ0v) is 17.4. The summed E-state index contributed by atoms with van der Waals surface area (Å²) < 4.78 is 16.7. The minimum Gasteiger partial charge on any atom is -0.497 e. The number of hydrogen-bond acceptors (Lipinski definition) is 5. The number of aliphatic hydroxyl groups excluding tert-OH is 1. The summed E-state index contributed by atoms with van der Waals surface area (Å²) in [6, 6.07) is 10.4. The largest absolute Gasteiger partial charge is 0.497 e. The number of fused-ring (bicyclic) bond motifs is 7. The number of benzene rings is 3. The molecule has 0 bridgehead atoms. The third-order valence-electron chi connectivity index (χ3n) is 6.66. The first-order valence-corrected chi connectivity index (χ1v) is 10.2. The third kappa shape index (κ3) is 2.68. The molecule has 29 heavy (non-hydrogen) atoms. The molecule has 1 saturated heterocycles. The number of methoxy groups -OCH3 is 3. The highest BCUT2D eigenvalue weighted by atomic mass is 16.5. The second kappa shape index (κ2) is 6.78. The predicted molar refractivity (Wildman–Crippen MR) is 114 cm³/mol. The minimum atomic E-state index is -0.503. The fourth-order valence-electron chi connectivity index (χ4n) is 5.35. The lowest BCUT2D eigenvalue weighted by atomic mass is 9.83. The maximum Gasteiger partial charge on any atom is 0.161 e. The fourth-order valence-corrected chi connectivity index (χ4v) is 5.35. The van der Waals surface area contributed by atoms with E-state index in [0.717, 1.165) is 52.4 Å². The van der Waals surface area contributed by atoms with Crippen LogP contribution in [0.2, 0.25) is 0 Å². The molecule has 2 aliphatic rings. The number of aliphatic hydroxyl groups is 1. The molecule has 5 heteroatoms. The van der Waals surface area contributed by atoms with Crippen LogP contribution in [0.3, 0.4) is 0 Å². The quantitative estimate of drug-likeness (QED) is 0.674. The molecule has 2 aliphatic heterocycles. The highest BCUT2D eigenvalue weighted by Crippen LogP contribution is 2.48. The smallest absolute Gasteiger partial charge is 0.161 e. The molecule has 5 rings (SSSR count). The Morgan fingerprint density at radius 1 is 0.897 bits per heavy atom. The summed E-state index contributed by atoms with van der Waals surface area (Å²) >= 11 is 0. The van der Waals surface area contributed by atoms with E-state index in [4.69, 9.17) is 14.2 Å². The van der Waals surface area contributed by atoms with Crippen molar-refractivity contribution in [3.05, 3.63) is 41.5 Å². The monoisotopic (exact) mass is 393 g/mol. The molecule has 0 amide bonds. The van der Waals surface area contributed by atoms with E-state index in [9.17, 15) is 5.11 Å². The van der Waals surface area contributed by atoms with Crippen LogP contribution in [0, 0.1) is 5.92 Å². The molecule has 0 aliphatic carbocycles. The Morgan fingerprint density at radius 2 is 1.59 bits per heavy atom. The van der Waals surface area contributed by atoms with E-state index in [1.807, 2.05) is 12.1 Å². The molecule has 3 atom stereocenters. The molecule has 0 aromatic heterocycles. The van der Waals surface area contributed by atoms with E-state index in [1.54, 1.807) is 21.3 Å². The summed E-state index contributed by atoms with van der Waals surface area (Å²) in [6.07, 6.45) is 0.527. The van der Waals surface area contributed by atoms with Crippen molar-refractivity contribution < 1.29 is 19.3 Å². The highest BCUT2D eigenvalue weighted by Gasteiger charge is 2.41. The van der Waals surface area contributed by atoms with Crippen LogP contribution in [-0.4, -0.2) is 43.9 Å². The van der Waals surface area contributed by atoms with Crippen molar-refractivity contribution in [3.63, 3.8) is 0 Å². The molecule has 152 valence electrons. The summed E-state index contributed by atoms with van der Waals surface area (Å²) in [5, 5.41) is 15.8. The number of hydrogen-bond donors (Lipinski definition) is 1. The Balaban J connectivity index is 1.88. The molecule has 5 nitrogen and oxygen atoms in total. The van der Waals surface area contributed by atoms with Crippen LogP contribution >= 0.6 is 0 Å². The SMILES string of the molecule is COc1ccc2c3c(c4cc(OC)c(OC)cc4c2c1)CN1CC(C)C[C@@H]1[C@@H]3O. The molecule has 1 unspecified atom stereocenters. The average molecular weight is 393 g/mol. The van der Waals surface area contributed by atoms with Gasteiger partial charge in [-0.1, -0.05) is 13.0 Å². The van der Waals surface area contributed by atoms with Gasteiger partial charge in [0.25, 0.3) is 0 Å². The van der Waals surface area contributed by atoms with Gasteiger partial charge in [-0.15, -0.1) is 0 Å². The molecule has 2 heterocycles. The summed E-state index contributed by atoms with van der Waals surface area (Å²) in [6.45, 7) is 4.14. The van der Waals surface area contributed by atoms with Crippen molar-refractivity contribution in [2.45, 2.75) is 32.0 Å². The van der Waals surface area contributed by atoms with Crippen LogP contribution in [0.15, 0.2) is 30.3 Å². The zero-order chi connectivity index (χ0) is 20.3. The summed E-state index contributed by atoms with van der Waals surface area (Å²) in [4.78, 5) is 2.43.